The van der Waals surface area contributed by atoms with Crippen LogP contribution in [0.2, 0.25) is 0 Å². The molecular weight excluding hydrogens is 263 g/mol. The second-order valence-corrected chi connectivity index (χ2v) is 4.32. The van der Waals surface area contributed by atoms with Crippen LogP contribution in [0.1, 0.15) is 17.3 Å². The van der Waals surface area contributed by atoms with Gasteiger partial charge >= 0.3 is 0 Å². The molecule has 102 valence electrons. The highest BCUT2D eigenvalue weighted by molar-refractivity contribution is 5.94. The van der Waals surface area contributed by atoms with Gasteiger partial charge in [0.2, 0.25) is 5.90 Å². The van der Waals surface area contributed by atoms with E-state index in [1.165, 1.54) is 24.3 Å². The summed E-state index contributed by atoms with van der Waals surface area (Å²) < 4.78 is 13.1. The van der Waals surface area contributed by atoms with E-state index in [-0.39, 0.29) is 23.2 Å². The van der Waals surface area contributed by atoms with Gasteiger partial charge in [-0.25, -0.2) is 9.38 Å². The Bertz CT molecular complexity index is 688. The number of aliphatic imine (C=N–C) groups is 1. The number of aromatic hydroxyl groups is 2. The summed E-state index contributed by atoms with van der Waals surface area (Å²) in [6.07, 6.45) is -0.528. The Morgan fingerprint density at radius 2 is 1.95 bits per heavy atom. The first-order valence-corrected chi connectivity index (χ1v) is 5.91. The van der Waals surface area contributed by atoms with E-state index in [4.69, 9.17) is 4.84 Å². The molecule has 0 saturated heterocycles. The van der Waals surface area contributed by atoms with E-state index >= 15 is 0 Å². The summed E-state index contributed by atoms with van der Waals surface area (Å²) >= 11 is 0. The standard InChI is InChI=1S/C14H11FN2O3/c15-10-3-1-2-9(6-10)14-16-13(17-20-14)8-4-5-11(18)12(19)7-8/h1-7,13,17-19H. The zero-order chi connectivity index (χ0) is 14.1. The van der Waals surface area contributed by atoms with Crippen molar-refractivity contribution in [1.82, 2.24) is 5.48 Å². The monoisotopic (exact) mass is 274 g/mol. The molecule has 1 atom stereocenters. The molecule has 2 aromatic carbocycles. The minimum absolute atomic E-state index is 0.206. The molecule has 0 aliphatic carbocycles. The van der Waals surface area contributed by atoms with Crippen molar-refractivity contribution in [3.05, 3.63) is 59.4 Å². The van der Waals surface area contributed by atoms with E-state index < -0.39 is 6.17 Å². The van der Waals surface area contributed by atoms with Crippen molar-refractivity contribution in [2.75, 3.05) is 0 Å². The lowest BCUT2D eigenvalue weighted by atomic mass is 10.1. The minimum Gasteiger partial charge on any atom is -0.504 e. The summed E-state index contributed by atoms with van der Waals surface area (Å²) in [7, 11) is 0. The number of hydrogen-bond acceptors (Lipinski definition) is 5. The third-order valence-corrected chi connectivity index (χ3v) is 2.90. The van der Waals surface area contributed by atoms with Gasteiger partial charge in [0.05, 0.1) is 0 Å². The molecule has 1 heterocycles. The van der Waals surface area contributed by atoms with Gasteiger partial charge in [-0.3, -0.25) is 0 Å². The van der Waals surface area contributed by atoms with Gasteiger partial charge in [0.25, 0.3) is 0 Å². The number of nitrogens with zero attached hydrogens (tertiary/aromatic N) is 1. The van der Waals surface area contributed by atoms with Crippen LogP contribution in [-0.4, -0.2) is 16.1 Å². The summed E-state index contributed by atoms with van der Waals surface area (Å²) in [5, 5.41) is 18.7. The van der Waals surface area contributed by atoms with E-state index in [0.29, 0.717) is 11.1 Å². The first-order valence-electron chi connectivity index (χ1n) is 5.91. The predicted molar refractivity (Wildman–Crippen MR) is 69.7 cm³/mol. The number of benzene rings is 2. The summed E-state index contributed by atoms with van der Waals surface area (Å²) in [6.45, 7) is 0. The second kappa shape index (κ2) is 4.82. The lowest BCUT2D eigenvalue weighted by molar-refractivity contribution is 0.180. The minimum atomic E-state index is -0.528. The Morgan fingerprint density at radius 3 is 2.70 bits per heavy atom. The first-order chi connectivity index (χ1) is 9.63. The molecule has 1 aliphatic rings. The van der Waals surface area contributed by atoms with Gasteiger partial charge in [-0.05, 0) is 35.9 Å². The average Bonchev–Trinajstić information content (AvgIpc) is 2.92. The van der Waals surface area contributed by atoms with Gasteiger partial charge in [0.1, 0.15) is 5.82 Å². The number of hydroxylamine groups is 1. The number of phenols is 2. The van der Waals surface area contributed by atoms with Crippen molar-refractivity contribution in [2.24, 2.45) is 4.99 Å². The highest BCUT2D eigenvalue weighted by atomic mass is 19.1. The summed E-state index contributed by atoms with van der Waals surface area (Å²) in [4.78, 5) is 9.48. The number of nitrogens with one attached hydrogen (secondary N) is 1. The van der Waals surface area contributed by atoms with Crippen molar-refractivity contribution in [3.63, 3.8) is 0 Å². The lowest BCUT2D eigenvalue weighted by Gasteiger charge is -2.07. The first kappa shape index (κ1) is 12.4. The highest BCUT2D eigenvalue weighted by Crippen LogP contribution is 2.30. The second-order valence-electron chi connectivity index (χ2n) is 4.32. The van der Waals surface area contributed by atoms with Gasteiger partial charge in [-0.1, -0.05) is 12.1 Å². The van der Waals surface area contributed by atoms with Gasteiger partial charge in [-0.2, -0.15) is 0 Å². The van der Waals surface area contributed by atoms with Crippen LogP contribution in [0.4, 0.5) is 4.39 Å². The maximum atomic E-state index is 13.1. The van der Waals surface area contributed by atoms with Crippen molar-refractivity contribution < 1.29 is 19.4 Å². The van der Waals surface area contributed by atoms with E-state index in [0.717, 1.165) is 0 Å². The Hall–Kier alpha value is -2.60. The van der Waals surface area contributed by atoms with Gasteiger partial charge < -0.3 is 15.1 Å². The number of phenolic OH excluding ortho intramolecular Hbond substituents is 2. The maximum Gasteiger partial charge on any atom is 0.242 e. The zero-order valence-electron chi connectivity index (χ0n) is 10.2. The molecule has 0 fully saturated rings. The van der Waals surface area contributed by atoms with Crippen LogP contribution >= 0.6 is 0 Å². The van der Waals surface area contributed by atoms with E-state index in [1.807, 2.05) is 0 Å². The molecule has 20 heavy (non-hydrogen) atoms. The Balaban J connectivity index is 1.89. The molecule has 0 aromatic heterocycles. The van der Waals surface area contributed by atoms with E-state index in [9.17, 15) is 14.6 Å². The molecule has 6 heteroatoms. The fourth-order valence-corrected chi connectivity index (χ4v) is 1.89. The van der Waals surface area contributed by atoms with Gasteiger partial charge in [-0.15, -0.1) is 5.48 Å². The third kappa shape index (κ3) is 2.28. The maximum absolute atomic E-state index is 13.1. The van der Waals surface area contributed by atoms with E-state index in [2.05, 4.69) is 10.5 Å². The molecule has 3 rings (SSSR count). The molecular formula is C14H11FN2O3. The average molecular weight is 274 g/mol. The van der Waals surface area contributed by atoms with Crippen molar-refractivity contribution in [2.45, 2.75) is 6.17 Å². The van der Waals surface area contributed by atoms with Crippen molar-refractivity contribution in [3.8, 4) is 11.5 Å². The van der Waals surface area contributed by atoms with Crippen molar-refractivity contribution in [1.29, 1.82) is 0 Å². The molecule has 1 aliphatic heterocycles. The quantitative estimate of drug-likeness (QED) is 0.734. The molecule has 5 nitrogen and oxygen atoms in total. The predicted octanol–water partition coefficient (Wildman–Crippen LogP) is 2.22. The lowest BCUT2D eigenvalue weighted by Crippen LogP contribution is -2.14. The third-order valence-electron chi connectivity index (χ3n) is 2.90. The highest BCUT2D eigenvalue weighted by Gasteiger charge is 2.22. The molecule has 0 radical (unpaired) electrons. The number of hydrogen-bond donors (Lipinski definition) is 3. The molecule has 0 amide bonds. The normalized spacial score (nSPS) is 17.6. The van der Waals surface area contributed by atoms with Gasteiger partial charge in [0, 0.05) is 5.56 Å². The van der Waals surface area contributed by atoms with Crippen LogP contribution in [0.15, 0.2) is 47.5 Å². The van der Waals surface area contributed by atoms with Crippen LogP contribution < -0.4 is 5.48 Å². The Labute approximate surface area is 113 Å². The van der Waals surface area contributed by atoms with Crippen LogP contribution in [0.25, 0.3) is 0 Å². The largest absolute Gasteiger partial charge is 0.504 e. The zero-order valence-corrected chi connectivity index (χ0v) is 10.2. The molecule has 1 unspecified atom stereocenters. The van der Waals surface area contributed by atoms with Crippen LogP contribution in [0.5, 0.6) is 11.5 Å². The molecule has 0 bridgehead atoms. The summed E-state index contributed by atoms with van der Waals surface area (Å²) in [5.74, 6) is -0.553. The van der Waals surface area contributed by atoms with Crippen LogP contribution in [-0.2, 0) is 4.84 Å². The van der Waals surface area contributed by atoms with Gasteiger partial charge in [0.15, 0.2) is 17.7 Å². The van der Waals surface area contributed by atoms with Crippen LogP contribution in [0.3, 0.4) is 0 Å². The molecule has 0 spiro atoms. The molecule has 3 N–H and O–H groups in total. The number of halogens is 1. The Morgan fingerprint density at radius 1 is 1.10 bits per heavy atom. The molecule has 2 aromatic rings. The number of rotatable bonds is 2. The molecule has 0 saturated carbocycles. The van der Waals surface area contributed by atoms with E-state index in [1.54, 1.807) is 18.2 Å². The fraction of sp³-hybridized carbons (Fsp3) is 0.0714. The SMILES string of the molecule is Oc1ccc(C2N=C(c3cccc(F)c3)ON2)cc1O. The summed E-state index contributed by atoms with van der Waals surface area (Å²) in [5.41, 5.74) is 3.80. The fourth-order valence-electron chi connectivity index (χ4n) is 1.89. The van der Waals surface area contributed by atoms with Crippen molar-refractivity contribution >= 4 is 5.90 Å². The summed E-state index contributed by atoms with van der Waals surface area (Å²) in [6, 6.07) is 10.3. The Kier molecular flexibility index (Phi) is 3.00. The topological polar surface area (TPSA) is 74.1 Å². The smallest absolute Gasteiger partial charge is 0.242 e. The van der Waals surface area contributed by atoms with Crippen LogP contribution in [0, 0.1) is 5.82 Å².